The van der Waals surface area contributed by atoms with Crippen LogP contribution in [0.2, 0.25) is 15.1 Å². The molecule has 0 atom stereocenters. The predicted octanol–water partition coefficient (Wildman–Crippen LogP) is 6.50. The fourth-order valence-corrected chi connectivity index (χ4v) is 3.69. The van der Waals surface area contributed by atoms with Gasteiger partial charge in [-0.15, -0.1) is 0 Å². The van der Waals surface area contributed by atoms with Crippen LogP contribution < -0.4 is 15.5 Å². The Hall–Kier alpha value is -2.58. The van der Waals surface area contributed by atoms with E-state index in [4.69, 9.17) is 39.5 Å². The largest absolute Gasteiger partial charge is 0.481 e. The lowest BCUT2D eigenvalue weighted by Crippen LogP contribution is -2.20. The number of anilines is 1. The molecule has 0 fully saturated rings. The van der Waals surface area contributed by atoms with Crippen LogP contribution in [-0.4, -0.2) is 24.6 Å². The number of amides is 2. The molecule has 3 aromatic carbocycles. The van der Waals surface area contributed by atoms with E-state index in [2.05, 4.69) is 31.8 Å². The first-order valence-electron chi connectivity index (χ1n) is 9.50. The molecule has 10 heteroatoms. The fourth-order valence-electron chi connectivity index (χ4n) is 2.63. The van der Waals surface area contributed by atoms with Crippen LogP contribution in [0.25, 0.3) is 0 Å². The molecule has 0 saturated heterocycles. The van der Waals surface area contributed by atoms with E-state index in [9.17, 15) is 9.59 Å². The SMILES string of the molecule is Cc1ccc(NC(=O)COc2c(Cl)cc(/C=N/NC(=O)c3ccc(Br)cc3)cc2Cl)cc1Cl. The molecule has 0 aromatic heterocycles. The highest BCUT2D eigenvalue weighted by atomic mass is 79.9. The van der Waals surface area contributed by atoms with Crippen molar-refractivity contribution in [1.82, 2.24) is 5.43 Å². The van der Waals surface area contributed by atoms with Gasteiger partial charge < -0.3 is 10.1 Å². The Morgan fingerprint density at radius 1 is 1.00 bits per heavy atom. The van der Waals surface area contributed by atoms with E-state index >= 15 is 0 Å². The van der Waals surface area contributed by atoms with Crippen LogP contribution in [0.5, 0.6) is 5.75 Å². The number of halogens is 4. The van der Waals surface area contributed by atoms with Crippen LogP contribution in [0.1, 0.15) is 21.5 Å². The Morgan fingerprint density at radius 2 is 1.67 bits per heavy atom. The number of nitrogens with zero attached hydrogens (tertiary/aromatic N) is 1. The average molecular weight is 570 g/mol. The molecule has 0 aliphatic carbocycles. The van der Waals surface area contributed by atoms with Crippen molar-refractivity contribution in [3.05, 3.63) is 90.8 Å². The third-order valence-corrected chi connectivity index (χ3v) is 5.81. The Bertz CT molecular complexity index is 1190. The van der Waals surface area contributed by atoms with Crippen molar-refractivity contribution >= 4 is 74.4 Å². The van der Waals surface area contributed by atoms with E-state index in [-0.39, 0.29) is 28.3 Å². The summed E-state index contributed by atoms with van der Waals surface area (Å²) in [6, 6.07) is 15.1. The molecule has 0 aliphatic rings. The van der Waals surface area contributed by atoms with Gasteiger partial charge >= 0.3 is 0 Å². The third-order valence-electron chi connectivity index (χ3n) is 4.31. The van der Waals surface area contributed by atoms with Crippen molar-refractivity contribution in [2.75, 3.05) is 11.9 Å². The van der Waals surface area contributed by atoms with Crippen LogP contribution >= 0.6 is 50.7 Å². The van der Waals surface area contributed by atoms with E-state index in [1.54, 1.807) is 54.6 Å². The number of nitrogens with one attached hydrogen (secondary N) is 2. The normalized spacial score (nSPS) is 10.8. The lowest BCUT2D eigenvalue weighted by atomic mass is 10.2. The summed E-state index contributed by atoms with van der Waals surface area (Å²) in [6.45, 7) is 1.56. The lowest BCUT2D eigenvalue weighted by molar-refractivity contribution is -0.118. The number of ether oxygens (including phenoxy) is 1. The molecule has 3 rings (SSSR count). The van der Waals surface area contributed by atoms with E-state index in [1.165, 1.54) is 6.21 Å². The zero-order valence-electron chi connectivity index (χ0n) is 17.2. The number of benzene rings is 3. The van der Waals surface area contributed by atoms with Crippen molar-refractivity contribution in [2.45, 2.75) is 6.92 Å². The quantitative estimate of drug-likeness (QED) is 0.252. The molecule has 6 nitrogen and oxygen atoms in total. The smallest absolute Gasteiger partial charge is 0.271 e. The van der Waals surface area contributed by atoms with Gasteiger partial charge in [0.25, 0.3) is 11.8 Å². The molecule has 0 aliphatic heterocycles. The number of hydrazone groups is 1. The molecule has 33 heavy (non-hydrogen) atoms. The maximum absolute atomic E-state index is 12.2. The zero-order valence-corrected chi connectivity index (χ0v) is 21.0. The van der Waals surface area contributed by atoms with Crippen molar-refractivity contribution in [3.8, 4) is 5.75 Å². The van der Waals surface area contributed by atoms with E-state index in [0.717, 1.165) is 10.0 Å². The molecule has 0 spiro atoms. The third kappa shape index (κ3) is 7.20. The van der Waals surface area contributed by atoms with Gasteiger partial charge in [-0.3, -0.25) is 9.59 Å². The van der Waals surface area contributed by atoms with Crippen molar-refractivity contribution < 1.29 is 14.3 Å². The van der Waals surface area contributed by atoms with Crippen LogP contribution in [0.15, 0.2) is 64.2 Å². The first-order valence-corrected chi connectivity index (χ1v) is 11.4. The van der Waals surface area contributed by atoms with Crippen molar-refractivity contribution in [3.63, 3.8) is 0 Å². The van der Waals surface area contributed by atoms with Gasteiger partial charge in [0, 0.05) is 20.7 Å². The van der Waals surface area contributed by atoms with Crippen LogP contribution in [0.3, 0.4) is 0 Å². The minimum Gasteiger partial charge on any atom is -0.481 e. The Kier molecular flexibility index (Phi) is 8.74. The van der Waals surface area contributed by atoms with Gasteiger partial charge in [0.1, 0.15) is 0 Å². The summed E-state index contributed by atoms with van der Waals surface area (Å²) in [4.78, 5) is 24.3. The summed E-state index contributed by atoms with van der Waals surface area (Å²) in [5, 5.41) is 7.53. The summed E-state index contributed by atoms with van der Waals surface area (Å²) in [5.41, 5.74) is 4.87. The summed E-state index contributed by atoms with van der Waals surface area (Å²) in [5.74, 6) is -0.605. The number of hydrogen-bond donors (Lipinski definition) is 2. The number of carbonyl (C=O) groups is 2. The Balaban J connectivity index is 1.58. The topological polar surface area (TPSA) is 79.8 Å². The highest BCUT2D eigenvalue weighted by Crippen LogP contribution is 2.34. The maximum atomic E-state index is 12.2. The number of aryl methyl sites for hydroxylation is 1. The summed E-state index contributed by atoms with van der Waals surface area (Å²) in [7, 11) is 0. The van der Waals surface area contributed by atoms with Gasteiger partial charge in [0.2, 0.25) is 0 Å². The number of carbonyl (C=O) groups excluding carboxylic acids is 2. The average Bonchev–Trinajstić information content (AvgIpc) is 2.76. The predicted molar refractivity (Wildman–Crippen MR) is 136 cm³/mol. The summed E-state index contributed by atoms with van der Waals surface area (Å²) >= 11 is 21.9. The van der Waals surface area contributed by atoms with Gasteiger partial charge in [-0.25, -0.2) is 5.43 Å². The lowest BCUT2D eigenvalue weighted by Gasteiger charge is -2.11. The maximum Gasteiger partial charge on any atom is 0.271 e. The molecule has 0 heterocycles. The van der Waals surface area contributed by atoms with E-state index in [0.29, 0.717) is 21.8 Å². The second-order valence-corrected chi connectivity index (χ2v) is 8.96. The molecule has 0 saturated carbocycles. The summed E-state index contributed by atoms with van der Waals surface area (Å²) < 4.78 is 6.36. The molecule has 3 aromatic rings. The first-order chi connectivity index (χ1) is 15.7. The number of hydrogen-bond acceptors (Lipinski definition) is 4. The monoisotopic (exact) mass is 567 g/mol. The molecule has 170 valence electrons. The molecular weight excluding hydrogens is 553 g/mol. The Morgan fingerprint density at radius 3 is 2.30 bits per heavy atom. The van der Waals surface area contributed by atoms with E-state index in [1.807, 2.05) is 6.92 Å². The van der Waals surface area contributed by atoms with Crippen LogP contribution in [0.4, 0.5) is 5.69 Å². The molecule has 0 unspecified atom stereocenters. The van der Waals surface area contributed by atoms with Crippen LogP contribution in [0, 0.1) is 6.92 Å². The number of rotatable bonds is 7. The van der Waals surface area contributed by atoms with Gasteiger partial charge in [-0.2, -0.15) is 5.10 Å². The van der Waals surface area contributed by atoms with E-state index < -0.39 is 5.91 Å². The first kappa shape index (κ1) is 25.1. The molecule has 0 bridgehead atoms. The van der Waals surface area contributed by atoms with Crippen molar-refractivity contribution in [2.24, 2.45) is 5.10 Å². The second kappa shape index (κ2) is 11.5. The standard InChI is InChI=1S/C23H17BrCl3N3O3/c1-13-2-7-17(10-18(13)25)29-21(31)12-33-22-19(26)8-14(9-20(22)27)11-28-30-23(32)15-3-5-16(24)6-4-15/h2-11H,12H2,1H3,(H,29,31)(H,30,32)/b28-11+. The summed E-state index contributed by atoms with van der Waals surface area (Å²) in [6.07, 6.45) is 1.39. The molecule has 2 N–H and O–H groups in total. The zero-order chi connectivity index (χ0) is 24.0. The minimum absolute atomic E-state index is 0.159. The van der Waals surface area contributed by atoms with Crippen LogP contribution in [-0.2, 0) is 4.79 Å². The second-order valence-electron chi connectivity index (χ2n) is 6.82. The Labute approximate surface area is 214 Å². The highest BCUT2D eigenvalue weighted by molar-refractivity contribution is 9.10. The van der Waals surface area contributed by atoms with Gasteiger partial charge in [-0.1, -0.05) is 56.8 Å². The highest BCUT2D eigenvalue weighted by Gasteiger charge is 2.12. The van der Waals surface area contributed by atoms with Gasteiger partial charge in [0.15, 0.2) is 12.4 Å². The van der Waals surface area contributed by atoms with Gasteiger partial charge in [0.05, 0.1) is 16.3 Å². The molecular formula is C23H17BrCl3N3O3. The minimum atomic E-state index is -0.400. The molecule has 0 radical (unpaired) electrons. The fraction of sp³-hybridized carbons (Fsp3) is 0.0870. The van der Waals surface area contributed by atoms with Crippen molar-refractivity contribution in [1.29, 1.82) is 0 Å². The van der Waals surface area contributed by atoms with Gasteiger partial charge in [-0.05, 0) is 66.6 Å². The molecule has 2 amide bonds.